The molecule has 0 radical (unpaired) electrons. The van der Waals surface area contributed by atoms with E-state index in [4.69, 9.17) is 0 Å². The van der Waals surface area contributed by atoms with Crippen molar-refractivity contribution in [2.75, 3.05) is 0 Å². The number of rotatable bonds is 6. The maximum Gasteiger partial charge on any atom is 0.248 e. The molecule has 0 saturated carbocycles. The van der Waals surface area contributed by atoms with Crippen molar-refractivity contribution < 1.29 is 4.57 Å². The molecular formula is C27H39N2+. The first kappa shape index (κ1) is 21.6. The van der Waals surface area contributed by atoms with Crippen molar-refractivity contribution in [3.8, 4) is 5.69 Å². The van der Waals surface area contributed by atoms with Gasteiger partial charge in [0.05, 0.1) is 6.54 Å². The van der Waals surface area contributed by atoms with Gasteiger partial charge in [-0.1, -0.05) is 77.5 Å². The van der Waals surface area contributed by atoms with Gasteiger partial charge < -0.3 is 0 Å². The lowest BCUT2D eigenvalue weighted by molar-refractivity contribution is -0.698. The SMILES string of the molecule is CC(C)(C)CCC1=CC=CC(c2cccc(-n3cc[n+](CCC(C)(C)C)c3)c2)C1. The van der Waals surface area contributed by atoms with Crippen LogP contribution in [0.25, 0.3) is 5.69 Å². The lowest BCUT2D eigenvalue weighted by Crippen LogP contribution is -2.33. The van der Waals surface area contributed by atoms with Gasteiger partial charge in [0.2, 0.25) is 6.33 Å². The quantitative estimate of drug-likeness (QED) is 0.469. The monoisotopic (exact) mass is 391 g/mol. The minimum Gasteiger partial charge on any atom is -0.236 e. The van der Waals surface area contributed by atoms with E-state index in [2.05, 4.69) is 112 Å². The van der Waals surface area contributed by atoms with Crippen LogP contribution in [-0.2, 0) is 6.54 Å². The number of benzene rings is 1. The van der Waals surface area contributed by atoms with Crippen molar-refractivity contribution in [3.05, 3.63) is 72.4 Å². The molecule has 0 fully saturated rings. The van der Waals surface area contributed by atoms with Gasteiger partial charge in [-0.25, -0.2) is 9.13 Å². The molecule has 29 heavy (non-hydrogen) atoms. The Hall–Kier alpha value is -2.09. The van der Waals surface area contributed by atoms with E-state index in [1.807, 2.05) is 0 Å². The highest BCUT2D eigenvalue weighted by molar-refractivity contribution is 5.40. The van der Waals surface area contributed by atoms with E-state index >= 15 is 0 Å². The summed E-state index contributed by atoms with van der Waals surface area (Å²) >= 11 is 0. The van der Waals surface area contributed by atoms with Crippen LogP contribution in [0.4, 0.5) is 0 Å². The normalized spacial score (nSPS) is 17.4. The maximum atomic E-state index is 2.36. The third-order valence-electron chi connectivity index (χ3n) is 5.76. The number of nitrogens with zero attached hydrogens (tertiary/aromatic N) is 2. The highest BCUT2D eigenvalue weighted by atomic mass is 15.1. The zero-order valence-corrected chi connectivity index (χ0v) is 19.3. The van der Waals surface area contributed by atoms with E-state index in [-0.39, 0.29) is 0 Å². The molecule has 3 rings (SSSR count). The average molecular weight is 392 g/mol. The van der Waals surface area contributed by atoms with E-state index < -0.39 is 0 Å². The number of imidazole rings is 1. The number of hydrogen-bond acceptors (Lipinski definition) is 0. The summed E-state index contributed by atoms with van der Waals surface area (Å²) < 4.78 is 4.54. The number of aromatic nitrogens is 2. The summed E-state index contributed by atoms with van der Waals surface area (Å²) in [6.07, 6.45) is 18.3. The van der Waals surface area contributed by atoms with Gasteiger partial charge in [0.25, 0.3) is 0 Å². The zero-order valence-electron chi connectivity index (χ0n) is 19.3. The Kier molecular flexibility index (Phi) is 6.51. The van der Waals surface area contributed by atoms with Crippen molar-refractivity contribution in [3.63, 3.8) is 0 Å². The number of hydrogen-bond donors (Lipinski definition) is 0. The second-order valence-electron chi connectivity index (χ2n) is 11.0. The summed E-state index contributed by atoms with van der Waals surface area (Å²) in [7, 11) is 0. The maximum absolute atomic E-state index is 2.36. The minimum absolute atomic E-state index is 0.362. The molecule has 0 aliphatic heterocycles. The van der Waals surface area contributed by atoms with Crippen LogP contribution in [0.2, 0.25) is 0 Å². The van der Waals surface area contributed by atoms with Gasteiger partial charge in [-0.15, -0.1) is 0 Å². The molecule has 1 heterocycles. The summed E-state index contributed by atoms with van der Waals surface area (Å²) in [5.74, 6) is 0.485. The number of allylic oxidation sites excluding steroid dienone is 4. The summed E-state index contributed by atoms with van der Waals surface area (Å²) in [5.41, 5.74) is 5.00. The summed E-state index contributed by atoms with van der Waals surface area (Å²) in [5, 5.41) is 0. The van der Waals surface area contributed by atoms with Crippen LogP contribution in [0.1, 0.15) is 78.7 Å². The molecular weight excluding hydrogens is 352 g/mol. The third kappa shape index (κ3) is 6.73. The average Bonchev–Trinajstić information content (AvgIpc) is 3.13. The molecule has 1 aliphatic rings. The molecule has 0 amide bonds. The summed E-state index contributed by atoms with van der Waals surface area (Å²) in [6.45, 7) is 15.0. The first-order valence-corrected chi connectivity index (χ1v) is 11.1. The highest BCUT2D eigenvalue weighted by Gasteiger charge is 2.18. The van der Waals surface area contributed by atoms with E-state index in [9.17, 15) is 0 Å². The van der Waals surface area contributed by atoms with Crippen LogP contribution in [0.3, 0.4) is 0 Å². The molecule has 2 nitrogen and oxygen atoms in total. The summed E-state index contributed by atoms with van der Waals surface area (Å²) in [6, 6.07) is 9.05. The standard InChI is InChI=1S/C27H39N2/c1-26(2,3)14-13-22-9-7-10-23(19-22)24-11-8-12-25(20-24)29-18-17-28(21-29)16-15-27(4,5)6/h7-12,17-18,20-21,23H,13-16,19H2,1-6H3/q+1. The van der Waals surface area contributed by atoms with Crippen LogP contribution in [0.5, 0.6) is 0 Å². The Morgan fingerprint density at radius 1 is 1.03 bits per heavy atom. The molecule has 0 bridgehead atoms. The van der Waals surface area contributed by atoms with Crippen LogP contribution >= 0.6 is 0 Å². The van der Waals surface area contributed by atoms with Gasteiger partial charge >= 0.3 is 0 Å². The molecule has 0 saturated heterocycles. The van der Waals surface area contributed by atoms with Crippen molar-refractivity contribution in [2.45, 2.75) is 79.7 Å². The second kappa shape index (κ2) is 8.73. The summed E-state index contributed by atoms with van der Waals surface area (Å²) in [4.78, 5) is 0. The van der Waals surface area contributed by atoms with Crippen molar-refractivity contribution in [1.82, 2.24) is 4.57 Å². The fourth-order valence-electron chi connectivity index (χ4n) is 3.75. The van der Waals surface area contributed by atoms with Crippen LogP contribution in [-0.4, -0.2) is 4.57 Å². The molecule has 1 aromatic heterocycles. The first-order valence-electron chi connectivity index (χ1n) is 11.1. The van der Waals surface area contributed by atoms with Gasteiger partial charge in [0.1, 0.15) is 18.1 Å². The molecule has 2 heteroatoms. The predicted octanol–water partition coefficient (Wildman–Crippen LogP) is 7.00. The topological polar surface area (TPSA) is 8.81 Å². The molecule has 0 spiro atoms. The zero-order chi connectivity index (χ0) is 21.1. The molecule has 0 N–H and O–H groups in total. The van der Waals surface area contributed by atoms with Crippen molar-refractivity contribution in [1.29, 1.82) is 0 Å². The van der Waals surface area contributed by atoms with E-state index in [1.54, 1.807) is 5.57 Å². The van der Waals surface area contributed by atoms with Crippen LogP contribution < -0.4 is 4.57 Å². The molecule has 1 aliphatic carbocycles. The van der Waals surface area contributed by atoms with Gasteiger partial charge in [0, 0.05) is 5.92 Å². The van der Waals surface area contributed by atoms with Gasteiger partial charge in [-0.2, -0.15) is 0 Å². The van der Waals surface area contributed by atoms with E-state index in [0.717, 1.165) is 13.0 Å². The largest absolute Gasteiger partial charge is 0.248 e. The van der Waals surface area contributed by atoms with E-state index in [1.165, 1.54) is 30.5 Å². The first-order chi connectivity index (χ1) is 13.6. The molecule has 1 aromatic carbocycles. The Labute approximate surface area is 178 Å². The third-order valence-corrected chi connectivity index (χ3v) is 5.76. The lowest BCUT2D eigenvalue weighted by Gasteiger charge is -2.23. The lowest BCUT2D eigenvalue weighted by atomic mass is 9.82. The smallest absolute Gasteiger partial charge is 0.236 e. The minimum atomic E-state index is 0.362. The van der Waals surface area contributed by atoms with Crippen LogP contribution in [0.15, 0.2) is 66.8 Å². The molecule has 2 aromatic rings. The number of aryl methyl sites for hydroxylation is 1. The van der Waals surface area contributed by atoms with Gasteiger partial charge in [-0.05, 0) is 54.2 Å². The van der Waals surface area contributed by atoms with E-state index in [0.29, 0.717) is 16.7 Å². The Morgan fingerprint density at radius 2 is 1.79 bits per heavy atom. The van der Waals surface area contributed by atoms with Gasteiger partial charge in [0.15, 0.2) is 0 Å². The Balaban J connectivity index is 1.68. The van der Waals surface area contributed by atoms with Crippen LogP contribution in [0, 0.1) is 10.8 Å². The predicted molar refractivity (Wildman–Crippen MR) is 123 cm³/mol. The van der Waals surface area contributed by atoms with Gasteiger partial charge in [-0.3, -0.25) is 0 Å². The molecule has 1 unspecified atom stereocenters. The Morgan fingerprint density at radius 3 is 2.52 bits per heavy atom. The Bertz CT molecular complexity index is 868. The highest BCUT2D eigenvalue weighted by Crippen LogP contribution is 2.33. The van der Waals surface area contributed by atoms with Crippen molar-refractivity contribution in [2.24, 2.45) is 10.8 Å². The fraction of sp³-hybridized carbons (Fsp3) is 0.519. The molecule has 1 atom stereocenters. The fourth-order valence-corrected chi connectivity index (χ4v) is 3.75. The van der Waals surface area contributed by atoms with Crippen molar-refractivity contribution >= 4 is 0 Å². The second-order valence-corrected chi connectivity index (χ2v) is 11.0. The molecule has 156 valence electrons.